The average Bonchev–Trinajstić information content (AvgIpc) is 3.28. The van der Waals surface area contributed by atoms with Crippen LogP contribution in [0.25, 0.3) is 5.69 Å². The number of carbonyl (C=O) groups is 2. The van der Waals surface area contributed by atoms with Crippen LogP contribution >= 0.6 is 0 Å². The molecule has 0 saturated heterocycles. The zero-order valence-electron chi connectivity index (χ0n) is 16.4. The molecule has 0 radical (unpaired) electrons. The Bertz CT molecular complexity index is 972. The van der Waals surface area contributed by atoms with E-state index in [4.69, 9.17) is 0 Å². The summed E-state index contributed by atoms with van der Waals surface area (Å²) in [7, 11) is 0. The Balaban J connectivity index is 1.60. The first kappa shape index (κ1) is 20.3. The zero-order valence-corrected chi connectivity index (χ0v) is 16.4. The number of ketones is 1. The second-order valence-corrected chi connectivity index (χ2v) is 6.31. The SMILES string of the molecule is CCN(CCNCc1nccc(C(C)=O)n1)C(=O)c1ccccc1-n1nccn1. The summed E-state index contributed by atoms with van der Waals surface area (Å²) >= 11 is 0. The Morgan fingerprint density at radius 2 is 1.86 bits per heavy atom. The van der Waals surface area contributed by atoms with Crippen LogP contribution < -0.4 is 5.32 Å². The van der Waals surface area contributed by atoms with E-state index in [2.05, 4.69) is 25.5 Å². The van der Waals surface area contributed by atoms with E-state index in [1.54, 1.807) is 35.6 Å². The van der Waals surface area contributed by atoms with E-state index >= 15 is 0 Å². The molecule has 1 N–H and O–H groups in total. The molecule has 9 heteroatoms. The maximum absolute atomic E-state index is 13.0. The maximum atomic E-state index is 13.0. The van der Waals surface area contributed by atoms with E-state index in [-0.39, 0.29) is 11.7 Å². The van der Waals surface area contributed by atoms with Crippen LogP contribution in [0.5, 0.6) is 0 Å². The van der Waals surface area contributed by atoms with Gasteiger partial charge in [0.2, 0.25) is 0 Å². The fourth-order valence-electron chi connectivity index (χ4n) is 2.84. The molecule has 1 amide bonds. The molecule has 29 heavy (non-hydrogen) atoms. The largest absolute Gasteiger partial charge is 0.338 e. The summed E-state index contributed by atoms with van der Waals surface area (Å²) in [5, 5.41) is 11.5. The van der Waals surface area contributed by atoms with Crippen molar-refractivity contribution in [2.75, 3.05) is 19.6 Å². The van der Waals surface area contributed by atoms with Gasteiger partial charge in [0.1, 0.15) is 11.5 Å². The van der Waals surface area contributed by atoms with E-state index in [0.717, 1.165) is 0 Å². The lowest BCUT2D eigenvalue weighted by atomic mass is 10.1. The molecule has 0 aliphatic rings. The standard InChI is InChI=1S/C20H23N7O2/c1-3-26(13-12-21-14-19-22-9-8-17(25-19)15(2)28)20(29)16-6-4-5-7-18(16)27-23-10-11-24-27/h4-11,21H,3,12-14H2,1-2H3. The van der Waals surface area contributed by atoms with Crippen LogP contribution in [0.15, 0.2) is 48.9 Å². The number of amides is 1. The molecule has 0 fully saturated rings. The van der Waals surface area contributed by atoms with Gasteiger partial charge in [-0.2, -0.15) is 15.0 Å². The molecule has 0 atom stereocenters. The second-order valence-electron chi connectivity index (χ2n) is 6.31. The molecule has 0 bridgehead atoms. The molecule has 9 nitrogen and oxygen atoms in total. The molecule has 2 heterocycles. The number of aromatic nitrogens is 5. The maximum Gasteiger partial charge on any atom is 0.256 e. The van der Waals surface area contributed by atoms with Crippen LogP contribution in [0, 0.1) is 0 Å². The quantitative estimate of drug-likeness (QED) is 0.434. The number of para-hydroxylation sites is 1. The fourth-order valence-corrected chi connectivity index (χ4v) is 2.84. The van der Waals surface area contributed by atoms with Crippen molar-refractivity contribution in [3.05, 3.63) is 66.0 Å². The van der Waals surface area contributed by atoms with Crippen molar-refractivity contribution >= 4 is 11.7 Å². The van der Waals surface area contributed by atoms with Crippen LogP contribution in [-0.4, -0.2) is 61.2 Å². The molecule has 0 saturated carbocycles. The van der Waals surface area contributed by atoms with Crippen LogP contribution in [0.1, 0.15) is 40.5 Å². The molecule has 1 aromatic carbocycles. The summed E-state index contributed by atoms with van der Waals surface area (Å²) in [6.45, 7) is 5.48. The number of hydrogen-bond donors (Lipinski definition) is 1. The fraction of sp³-hybridized carbons (Fsp3) is 0.300. The van der Waals surface area contributed by atoms with Gasteiger partial charge in [0, 0.05) is 32.8 Å². The normalized spacial score (nSPS) is 10.7. The summed E-state index contributed by atoms with van der Waals surface area (Å²) in [4.78, 5) is 36.0. The number of nitrogens with zero attached hydrogens (tertiary/aromatic N) is 6. The van der Waals surface area contributed by atoms with Crippen LogP contribution in [0.3, 0.4) is 0 Å². The number of carbonyl (C=O) groups excluding carboxylic acids is 2. The highest BCUT2D eigenvalue weighted by molar-refractivity contribution is 5.97. The van der Waals surface area contributed by atoms with Crippen molar-refractivity contribution in [1.82, 2.24) is 35.2 Å². The van der Waals surface area contributed by atoms with Crippen molar-refractivity contribution in [2.45, 2.75) is 20.4 Å². The second kappa shape index (κ2) is 9.65. The molecule has 2 aromatic heterocycles. The third kappa shape index (κ3) is 5.08. The molecule has 0 spiro atoms. The molecular formula is C20H23N7O2. The summed E-state index contributed by atoms with van der Waals surface area (Å²) < 4.78 is 0. The highest BCUT2D eigenvalue weighted by atomic mass is 16.2. The number of likely N-dealkylation sites (N-methyl/N-ethyl adjacent to an activating group) is 1. The monoisotopic (exact) mass is 393 g/mol. The lowest BCUT2D eigenvalue weighted by molar-refractivity contribution is 0.0765. The van der Waals surface area contributed by atoms with Gasteiger partial charge in [0.15, 0.2) is 5.78 Å². The van der Waals surface area contributed by atoms with Gasteiger partial charge in [-0.25, -0.2) is 9.97 Å². The smallest absolute Gasteiger partial charge is 0.256 e. The van der Waals surface area contributed by atoms with Gasteiger partial charge >= 0.3 is 0 Å². The summed E-state index contributed by atoms with van der Waals surface area (Å²) in [5.74, 6) is 0.362. The van der Waals surface area contributed by atoms with Crippen LogP contribution in [0.4, 0.5) is 0 Å². The van der Waals surface area contributed by atoms with E-state index in [0.29, 0.717) is 48.9 Å². The van der Waals surface area contributed by atoms with Crippen molar-refractivity contribution in [2.24, 2.45) is 0 Å². The third-order valence-electron chi connectivity index (χ3n) is 4.35. The first-order chi connectivity index (χ1) is 14.1. The highest BCUT2D eigenvalue weighted by Crippen LogP contribution is 2.14. The van der Waals surface area contributed by atoms with E-state index in [1.807, 2.05) is 25.1 Å². The minimum absolute atomic E-state index is 0.0861. The van der Waals surface area contributed by atoms with E-state index in [9.17, 15) is 9.59 Å². The number of hydrogen-bond acceptors (Lipinski definition) is 7. The number of nitrogens with one attached hydrogen (secondary N) is 1. The summed E-state index contributed by atoms with van der Waals surface area (Å²) in [5.41, 5.74) is 1.58. The number of benzene rings is 1. The topological polar surface area (TPSA) is 106 Å². The molecule has 0 aliphatic heterocycles. The Kier molecular flexibility index (Phi) is 6.75. The molecule has 0 aliphatic carbocycles. The summed E-state index contributed by atoms with van der Waals surface area (Å²) in [6.07, 6.45) is 4.72. The lowest BCUT2D eigenvalue weighted by Gasteiger charge is -2.22. The third-order valence-corrected chi connectivity index (χ3v) is 4.35. The Morgan fingerprint density at radius 3 is 2.59 bits per heavy atom. The van der Waals surface area contributed by atoms with Crippen molar-refractivity contribution in [3.8, 4) is 5.69 Å². The highest BCUT2D eigenvalue weighted by Gasteiger charge is 2.18. The number of rotatable bonds is 9. The van der Waals surface area contributed by atoms with Gasteiger partial charge in [0.05, 0.1) is 30.2 Å². The van der Waals surface area contributed by atoms with Gasteiger partial charge in [-0.15, -0.1) is 0 Å². The first-order valence-electron chi connectivity index (χ1n) is 9.38. The molecule has 150 valence electrons. The van der Waals surface area contributed by atoms with Crippen molar-refractivity contribution in [3.63, 3.8) is 0 Å². The van der Waals surface area contributed by atoms with E-state index < -0.39 is 0 Å². The first-order valence-corrected chi connectivity index (χ1v) is 9.38. The zero-order chi connectivity index (χ0) is 20.6. The predicted octanol–water partition coefficient (Wildman–Crippen LogP) is 1.51. The minimum atomic E-state index is -0.0956. The molecule has 0 unspecified atom stereocenters. The lowest BCUT2D eigenvalue weighted by Crippen LogP contribution is -2.37. The Labute approximate surface area is 168 Å². The minimum Gasteiger partial charge on any atom is -0.338 e. The van der Waals surface area contributed by atoms with Gasteiger partial charge in [-0.1, -0.05) is 12.1 Å². The Morgan fingerprint density at radius 1 is 1.10 bits per heavy atom. The van der Waals surface area contributed by atoms with Crippen molar-refractivity contribution in [1.29, 1.82) is 0 Å². The van der Waals surface area contributed by atoms with Crippen LogP contribution in [0.2, 0.25) is 0 Å². The van der Waals surface area contributed by atoms with Gasteiger partial charge in [-0.3, -0.25) is 9.59 Å². The van der Waals surface area contributed by atoms with Gasteiger partial charge in [-0.05, 0) is 25.1 Å². The Hall–Kier alpha value is -3.46. The van der Waals surface area contributed by atoms with Gasteiger partial charge < -0.3 is 10.2 Å². The van der Waals surface area contributed by atoms with E-state index in [1.165, 1.54) is 11.7 Å². The molecular weight excluding hydrogens is 370 g/mol. The summed E-state index contributed by atoms with van der Waals surface area (Å²) in [6, 6.07) is 8.86. The number of Topliss-reactive ketones (excluding diaryl/α,β-unsaturated/α-hetero) is 1. The van der Waals surface area contributed by atoms with Crippen LogP contribution in [-0.2, 0) is 6.54 Å². The van der Waals surface area contributed by atoms with Gasteiger partial charge in [0.25, 0.3) is 5.91 Å². The predicted molar refractivity (Wildman–Crippen MR) is 107 cm³/mol. The van der Waals surface area contributed by atoms with Crippen molar-refractivity contribution < 1.29 is 9.59 Å². The molecule has 3 rings (SSSR count). The molecule has 3 aromatic rings. The average molecular weight is 393 g/mol.